The van der Waals surface area contributed by atoms with E-state index in [4.69, 9.17) is 10.5 Å². The zero-order valence-electron chi connectivity index (χ0n) is 13.9. The van der Waals surface area contributed by atoms with Gasteiger partial charge in [-0.25, -0.2) is 9.97 Å². The summed E-state index contributed by atoms with van der Waals surface area (Å²) in [7, 11) is 0. The lowest BCUT2D eigenvalue weighted by Gasteiger charge is -2.34. The van der Waals surface area contributed by atoms with Gasteiger partial charge in [-0.05, 0) is 43.4 Å². The Hall–Kier alpha value is -2.14. The Morgan fingerprint density at radius 2 is 2.17 bits per heavy atom. The molecule has 4 rings (SSSR count). The Balaban J connectivity index is 1.67. The van der Waals surface area contributed by atoms with Gasteiger partial charge in [0.05, 0.1) is 5.69 Å². The van der Waals surface area contributed by atoms with E-state index in [1.54, 1.807) is 6.33 Å². The third kappa shape index (κ3) is 2.96. The van der Waals surface area contributed by atoms with Gasteiger partial charge in [-0.3, -0.25) is 0 Å². The largest absolute Gasteiger partial charge is 0.487 e. The average Bonchev–Trinajstić information content (AvgIpc) is 2.81. The summed E-state index contributed by atoms with van der Waals surface area (Å²) in [5.41, 5.74) is 9.21. The van der Waals surface area contributed by atoms with E-state index < -0.39 is 0 Å². The molecule has 0 spiro atoms. The lowest BCUT2D eigenvalue weighted by Crippen LogP contribution is -2.37. The molecule has 1 aromatic heterocycles. The topological polar surface area (TPSA) is 64.3 Å². The summed E-state index contributed by atoms with van der Waals surface area (Å²) < 4.78 is 5.95. The van der Waals surface area contributed by atoms with E-state index in [0.29, 0.717) is 12.5 Å². The predicted molar refractivity (Wildman–Crippen MR) is 94.2 cm³/mol. The van der Waals surface area contributed by atoms with E-state index in [2.05, 4.69) is 27.0 Å². The molecule has 0 unspecified atom stereocenters. The molecule has 0 aliphatic carbocycles. The van der Waals surface area contributed by atoms with Crippen molar-refractivity contribution >= 4 is 5.82 Å². The number of nitrogens with zero attached hydrogens (tertiary/aromatic N) is 3. The van der Waals surface area contributed by atoms with Crippen molar-refractivity contribution in [1.82, 2.24) is 9.97 Å². The first-order chi connectivity index (χ1) is 11.8. The second-order valence-electron chi connectivity index (χ2n) is 6.73. The number of hydrogen-bond donors (Lipinski definition) is 1. The maximum absolute atomic E-state index is 5.95. The van der Waals surface area contributed by atoms with Gasteiger partial charge in [0.15, 0.2) is 0 Å². The van der Waals surface area contributed by atoms with Crippen LogP contribution in [-0.2, 0) is 13.0 Å². The van der Waals surface area contributed by atoms with E-state index >= 15 is 0 Å². The van der Waals surface area contributed by atoms with Gasteiger partial charge >= 0.3 is 0 Å². The molecule has 1 atom stereocenters. The van der Waals surface area contributed by atoms with Crippen LogP contribution in [0.3, 0.4) is 0 Å². The molecule has 1 aromatic carbocycles. The standard InChI is InChI=1S/C19H24N4O/c20-8-7-14-4-3-9-23(11-14)19-16-10-15-5-1-2-6-18(15)24-12-17(16)21-13-22-19/h1-2,5-6,13-14H,3-4,7-12,20H2/t14-/m1/s1. The molecular formula is C19H24N4O. The molecule has 0 radical (unpaired) electrons. The Morgan fingerprint density at radius 3 is 3.08 bits per heavy atom. The molecular weight excluding hydrogens is 300 g/mol. The number of anilines is 1. The van der Waals surface area contributed by atoms with E-state index in [1.807, 2.05) is 12.1 Å². The summed E-state index contributed by atoms with van der Waals surface area (Å²) in [5.74, 6) is 2.71. The van der Waals surface area contributed by atoms with Gasteiger partial charge in [0.2, 0.25) is 0 Å². The van der Waals surface area contributed by atoms with Crippen molar-refractivity contribution in [3.8, 4) is 5.75 Å². The van der Waals surface area contributed by atoms with Crippen LogP contribution in [0.4, 0.5) is 5.82 Å². The number of rotatable bonds is 3. The number of fused-ring (bicyclic) bond motifs is 2. The average molecular weight is 324 g/mol. The first-order valence-electron chi connectivity index (χ1n) is 8.83. The molecule has 2 N–H and O–H groups in total. The maximum atomic E-state index is 5.95. The number of nitrogens with two attached hydrogens (primary N) is 1. The van der Waals surface area contributed by atoms with E-state index in [1.165, 1.54) is 24.0 Å². The first-order valence-corrected chi connectivity index (χ1v) is 8.83. The second kappa shape index (κ2) is 6.77. The molecule has 5 heteroatoms. The molecule has 5 nitrogen and oxygen atoms in total. The van der Waals surface area contributed by atoms with Crippen molar-refractivity contribution < 1.29 is 4.74 Å². The first kappa shape index (κ1) is 15.4. The molecule has 0 amide bonds. The normalized spacial score (nSPS) is 19.9. The number of para-hydroxylation sites is 1. The highest BCUT2D eigenvalue weighted by Gasteiger charge is 2.25. The lowest BCUT2D eigenvalue weighted by molar-refractivity contribution is 0.302. The zero-order chi connectivity index (χ0) is 16.4. The quantitative estimate of drug-likeness (QED) is 0.940. The minimum atomic E-state index is 0.516. The van der Waals surface area contributed by atoms with Crippen LogP contribution >= 0.6 is 0 Å². The smallest absolute Gasteiger partial charge is 0.135 e. The number of piperidine rings is 1. The summed E-state index contributed by atoms with van der Waals surface area (Å²) in [4.78, 5) is 11.6. The van der Waals surface area contributed by atoms with E-state index in [-0.39, 0.29) is 0 Å². The van der Waals surface area contributed by atoms with Crippen molar-refractivity contribution in [2.75, 3.05) is 24.5 Å². The number of benzene rings is 1. The van der Waals surface area contributed by atoms with Gasteiger partial charge in [0.25, 0.3) is 0 Å². The summed E-state index contributed by atoms with van der Waals surface area (Å²) >= 11 is 0. The van der Waals surface area contributed by atoms with Gasteiger partial charge in [-0.15, -0.1) is 0 Å². The van der Waals surface area contributed by atoms with Crippen LogP contribution in [-0.4, -0.2) is 29.6 Å². The van der Waals surface area contributed by atoms with Crippen molar-refractivity contribution in [3.05, 3.63) is 47.4 Å². The van der Waals surface area contributed by atoms with Crippen LogP contribution in [0.25, 0.3) is 0 Å². The number of ether oxygens (including phenoxy) is 1. The molecule has 2 aromatic rings. The minimum Gasteiger partial charge on any atom is -0.487 e. The Bertz CT molecular complexity index is 716. The molecule has 0 bridgehead atoms. The highest BCUT2D eigenvalue weighted by molar-refractivity contribution is 5.53. The van der Waals surface area contributed by atoms with Gasteiger partial charge in [-0.1, -0.05) is 18.2 Å². The number of aromatic nitrogens is 2. The van der Waals surface area contributed by atoms with Crippen LogP contribution in [0.1, 0.15) is 36.1 Å². The van der Waals surface area contributed by atoms with Crippen molar-refractivity contribution in [1.29, 1.82) is 0 Å². The highest BCUT2D eigenvalue weighted by Crippen LogP contribution is 2.33. The van der Waals surface area contributed by atoms with Crippen molar-refractivity contribution in [2.45, 2.75) is 32.3 Å². The maximum Gasteiger partial charge on any atom is 0.135 e. The summed E-state index contributed by atoms with van der Waals surface area (Å²) in [6, 6.07) is 8.25. The van der Waals surface area contributed by atoms with Gasteiger partial charge in [0, 0.05) is 25.1 Å². The summed E-state index contributed by atoms with van der Waals surface area (Å²) in [6.45, 7) is 3.39. The Kier molecular flexibility index (Phi) is 4.34. The predicted octanol–water partition coefficient (Wildman–Crippen LogP) is 2.53. The van der Waals surface area contributed by atoms with Crippen LogP contribution in [0.5, 0.6) is 5.75 Å². The summed E-state index contributed by atoms with van der Waals surface area (Å²) in [6.07, 6.45) is 6.08. The molecule has 24 heavy (non-hydrogen) atoms. The minimum absolute atomic E-state index is 0.516. The zero-order valence-corrected chi connectivity index (χ0v) is 13.9. The summed E-state index contributed by atoms with van der Waals surface area (Å²) in [5, 5.41) is 0. The van der Waals surface area contributed by atoms with Crippen LogP contribution in [0.2, 0.25) is 0 Å². The van der Waals surface area contributed by atoms with Crippen molar-refractivity contribution in [2.24, 2.45) is 11.7 Å². The molecule has 1 fully saturated rings. The number of hydrogen-bond acceptors (Lipinski definition) is 5. The van der Waals surface area contributed by atoms with Gasteiger partial charge < -0.3 is 15.4 Å². The molecule has 2 aliphatic heterocycles. The highest BCUT2D eigenvalue weighted by atomic mass is 16.5. The van der Waals surface area contributed by atoms with Crippen LogP contribution < -0.4 is 15.4 Å². The molecule has 126 valence electrons. The molecule has 0 saturated carbocycles. The van der Waals surface area contributed by atoms with Crippen LogP contribution in [0, 0.1) is 5.92 Å². The molecule has 3 heterocycles. The van der Waals surface area contributed by atoms with Gasteiger partial charge in [0.1, 0.15) is 24.5 Å². The van der Waals surface area contributed by atoms with Crippen LogP contribution in [0.15, 0.2) is 30.6 Å². The lowest BCUT2D eigenvalue weighted by atomic mass is 9.94. The fraction of sp³-hybridized carbons (Fsp3) is 0.474. The fourth-order valence-electron chi connectivity index (χ4n) is 3.87. The van der Waals surface area contributed by atoms with E-state index in [9.17, 15) is 0 Å². The Labute approximate surface area is 142 Å². The van der Waals surface area contributed by atoms with Gasteiger partial charge in [-0.2, -0.15) is 0 Å². The van der Waals surface area contributed by atoms with E-state index in [0.717, 1.165) is 49.7 Å². The SMILES string of the molecule is NCC[C@H]1CCCN(c2ncnc3c2Cc2ccccc2OC3)C1. The fourth-order valence-corrected chi connectivity index (χ4v) is 3.87. The van der Waals surface area contributed by atoms with Crippen molar-refractivity contribution in [3.63, 3.8) is 0 Å². The molecule has 1 saturated heterocycles. The Morgan fingerprint density at radius 1 is 1.25 bits per heavy atom. The third-order valence-electron chi connectivity index (χ3n) is 5.11. The third-order valence-corrected chi connectivity index (χ3v) is 5.11. The molecule has 2 aliphatic rings. The second-order valence-corrected chi connectivity index (χ2v) is 6.73. The monoisotopic (exact) mass is 324 g/mol.